The molecule has 0 unspecified atom stereocenters. The normalized spacial score (nSPS) is 19.6. The quantitative estimate of drug-likeness (QED) is 0.654. The fraction of sp³-hybridized carbons (Fsp3) is 0.308. The van der Waals surface area contributed by atoms with Crippen molar-refractivity contribution in [1.82, 2.24) is 9.88 Å². The van der Waals surface area contributed by atoms with Crippen LogP contribution in [0.2, 0.25) is 0 Å². The molecule has 0 bridgehead atoms. The number of likely N-dealkylation sites (tertiary alicyclic amines) is 1. The number of anilines is 1. The predicted octanol–water partition coefficient (Wildman–Crippen LogP) is 0.957. The number of hydrogen-bond donors (Lipinski definition) is 3. The maximum Gasteiger partial charge on any atom is 0.256 e. The molecule has 1 aromatic heterocycles. The van der Waals surface area contributed by atoms with E-state index in [0.717, 1.165) is 10.9 Å². The lowest BCUT2D eigenvalue weighted by molar-refractivity contribution is 0.0767. The number of hydrogen-bond acceptors (Lipinski definition) is 3. The van der Waals surface area contributed by atoms with E-state index < -0.39 is 6.10 Å². The molecule has 3 rings (SSSR count). The number of fused-ring (bicyclic) bond motifs is 1. The maximum atomic E-state index is 12.3. The van der Waals surface area contributed by atoms with Gasteiger partial charge in [-0.05, 0) is 24.6 Å². The van der Waals surface area contributed by atoms with Crippen LogP contribution in [0.15, 0.2) is 24.4 Å². The minimum Gasteiger partial charge on any atom is -0.399 e. The third-order valence-electron chi connectivity index (χ3n) is 3.39. The van der Waals surface area contributed by atoms with Crippen molar-refractivity contribution in [3.63, 3.8) is 0 Å². The summed E-state index contributed by atoms with van der Waals surface area (Å²) in [5, 5.41) is 10.3. The topological polar surface area (TPSA) is 82.4 Å². The largest absolute Gasteiger partial charge is 0.399 e. The van der Waals surface area contributed by atoms with Gasteiger partial charge < -0.3 is 20.7 Å². The third-order valence-corrected chi connectivity index (χ3v) is 3.39. The lowest BCUT2D eigenvalue weighted by Gasteiger charge is -2.14. The molecule has 18 heavy (non-hydrogen) atoms. The fourth-order valence-corrected chi connectivity index (χ4v) is 2.41. The number of nitrogens with one attached hydrogen (secondary N) is 1. The Morgan fingerprint density at radius 2 is 2.33 bits per heavy atom. The lowest BCUT2D eigenvalue weighted by atomic mass is 10.1. The first-order valence-electron chi connectivity index (χ1n) is 5.99. The van der Waals surface area contributed by atoms with Crippen LogP contribution in [-0.4, -0.2) is 40.1 Å². The standard InChI is InChI=1S/C13H15N3O2/c14-8-1-2-12-10(5-8)11(6-15-12)13(18)16-4-3-9(17)7-16/h1-2,5-6,9,15,17H,3-4,7,14H2/t9-/m1/s1. The fourth-order valence-electron chi connectivity index (χ4n) is 2.41. The molecule has 0 aliphatic carbocycles. The first-order valence-corrected chi connectivity index (χ1v) is 5.99. The Labute approximate surface area is 104 Å². The molecule has 2 heterocycles. The number of H-pyrrole nitrogens is 1. The summed E-state index contributed by atoms with van der Waals surface area (Å²) < 4.78 is 0. The summed E-state index contributed by atoms with van der Waals surface area (Å²) in [5.74, 6) is -0.0524. The monoisotopic (exact) mass is 245 g/mol. The van der Waals surface area contributed by atoms with E-state index in [9.17, 15) is 9.90 Å². The molecule has 1 saturated heterocycles. The van der Waals surface area contributed by atoms with Gasteiger partial charge in [-0.25, -0.2) is 0 Å². The molecule has 1 amide bonds. The van der Waals surface area contributed by atoms with E-state index in [-0.39, 0.29) is 5.91 Å². The van der Waals surface area contributed by atoms with Crippen LogP contribution in [0.1, 0.15) is 16.8 Å². The van der Waals surface area contributed by atoms with Gasteiger partial charge in [0.2, 0.25) is 0 Å². The van der Waals surface area contributed by atoms with E-state index in [1.807, 2.05) is 6.07 Å². The van der Waals surface area contributed by atoms with Crippen LogP contribution >= 0.6 is 0 Å². The molecular weight excluding hydrogens is 230 g/mol. The van der Waals surface area contributed by atoms with Gasteiger partial charge in [0.15, 0.2) is 0 Å². The number of β-amino-alcohol motifs (C(OH)–C–C–N with tert-alkyl or cyclic N) is 1. The molecule has 94 valence electrons. The second-order valence-corrected chi connectivity index (χ2v) is 4.70. The van der Waals surface area contributed by atoms with Crippen LogP contribution in [0.5, 0.6) is 0 Å². The molecule has 5 nitrogen and oxygen atoms in total. The number of nitrogens with two attached hydrogens (primary N) is 1. The number of aromatic nitrogens is 1. The van der Waals surface area contributed by atoms with Crippen molar-refractivity contribution in [2.45, 2.75) is 12.5 Å². The second kappa shape index (κ2) is 4.03. The summed E-state index contributed by atoms with van der Waals surface area (Å²) in [5.41, 5.74) is 7.90. The minimum atomic E-state index is -0.399. The van der Waals surface area contributed by atoms with Crippen molar-refractivity contribution in [1.29, 1.82) is 0 Å². The number of benzene rings is 1. The van der Waals surface area contributed by atoms with Crippen molar-refractivity contribution in [3.05, 3.63) is 30.0 Å². The van der Waals surface area contributed by atoms with Gasteiger partial charge in [0.25, 0.3) is 5.91 Å². The van der Waals surface area contributed by atoms with Crippen LogP contribution in [0, 0.1) is 0 Å². The van der Waals surface area contributed by atoms with Crippen LogP contribution in [0.4, 0.5) is 5.69 Å². The number of carbonyl (C=O) groups excluding carboxylic acids is 1. The van der Waals surface area contributed by atoms with Crippen molar-refractivity contribution >= 4 is 22.5 Å². The molecule has 0 saturated carbocycles. The molecule has 1 aromatic carbocycles. The summed E-state index contributed by atoms with van der Waals surface area (Å²) in [7, 11) is 0. The highest BCUT2D eigenvalue weighted by molar-refractivity contribution is 6.07. The van der Waals surface area contributed by atoms with Gasteiger partial charge in [0.05, 0.1) is 11.7 Å². The Morgan fingerprint density at radius 3 is 3.06 bits per heavy atom. The van der Waals surface area contributed by atoms with E-state index in [4.69, 9.17) is 5.73 Å². The SMILES string of the molecule is Nc1ccc2[nH]cc(C(=O)N3CC[C@@H](O)C3)c2c1. The molecule has 1 atom stereocenters. The summed E-state index contributed by atoms with van der Waals surface area (Å²) >= 11 is 0. The Balaban J connectivity index is 1.99. The van der Waals surface area contributed by atoms with Gasteiger partial charge in [-0.15, -0.1) is 0 Å². The van der Waals surface area contributed by atoms with E-state index in [1.165, 1.54) is 0 Å². The highest BCUT2D eigenvalue weighted by atomic mass is 16.3. The number of aromatic amines is 1. The molecule has 1 aliphatic rings. The Hall–Kier alpha value is -2.01. The highest BCUT2D eigenvalue weighted by Gasteiger charge is 2.26. The number of amides is 1. The number of aliphatic hydroxyl groups is 1. The smallest absolute Gasteiger partial charge is 0.256 e. The number of aliphatic hydroxyl groups excluding tert-OH is 1. The number of nitrogens with zero attached hydrogens (tertiary/aromatic N) is 1. The number of rotatable bonds is 1. The molecule has 0 spiro atoms. The van der Waals surface area contributed by atoms with Crippen LogP contribution < -0.4 is 5.73 Å². The zero-order chi connectivity index (χ0) is 12.7. The van der Waals surface area contributed by atoms with Crippen molar-refractivity contribution in [2.75, 3.05) is 18.8 Å². The van der Waals surface area contributed by atoms with Gasteiger partial charge in [-0.1, -0.05) is 0 Å². The molecule has 1 fully saturated rings. The van der Waals surface area contributed by atoms with Crippen LogP contribution in [0.3, 0.4) is 0 Å². The van der Waals surface area contributed by atoms with Gasteiger partial charge in [-0.3, -0.25) is 4.79 Å². The third kappa shape index (κ3) is 1.73. The summed E-state index contributed by atoms with van der Waals surface area (Å²) in [6.07, 6.45) is 1.96. The summed E-state index contributed by atoms with van der Waals surface area (Å²) in [6, 6.07) is 5.46. The minimum absolute atomic E-state index is 0.0524. The molecular formula is C13H15N3O2. The van der Waals surface area contributed by atoms with E-state index >= 15 is 0 Å². The van der Waals surface area contributed by atoms with Crippen LogP contribution in [-0.2, 0) is 0 Å². The zero-order valence-electron chi connectivity index (χ0n) is 9.89. The molecule has 5 heteroatoms. The highest BCUT2D eigenvalue weighted by Crippen LogP contribution is 2.23. The van der Waals surface area contributed by atoms with Crippen molar-refractivity contribution < 1.29 is 9.90 Å². The summed E-state index contributed by atoms with van der Waals surface area (Å²) in [6.45, 7) is 1.02. The zero-order valence-corrected chi connectivity index (χ0v) is 9.89. The Kier molecular flexibility index (Phi) is 2.48. The van der Waals surface area contributed by atoms with Gasteiger partial charge >= 0.3 is 0 Å². The molecule has 4 N–H and O–H groups in total. The van der Waals surface area contributed by atoms with Gasteiger partial charge in [0.1, 0.15) is 0 Å². The van der Waals surface area contributed by atoms with Gasteiger partial charge in [-0.2, -0.15) is 0 Å². The van der Waals surface area contributed by atoms with Crippen molar-refractivity contribution in [3.8, 4) is 0 Å². The lowest BCUT2D eigenvalue weighted by Crippen LogP contribution is -2.29. The molecule has 0 radical (unpaired) electrons. The number of nitrogen functional groups attached to an aromatic ring is 1. The molecule has 2 aromatic rings. The first kappa shape index (κ1) is 11.1. The van der Waals surface area contributed by atoms with Gasteiger partial charge in [0, 0.05) is 35.9 Å². The van der Waals surface area contributed by atoms with E-state index in [0.29, 0.717) is 30.8 Å². The first-order chi connectivity index (χ1) is 8.65. The average molecular weight is 245 g/mol. The van der Waals surface area contributed by atoms with Crippen molar-refractivity contribution in [2.24, 2.45) is 0 Å². The summed E-state index contributed by atoms with van der Waals surface area (Å²) in [4.78, 5) is 17.1. The van der Waals surface area contributed by atoms with Crippen LogP contribution in [0.25, 0.3) is 10.9 Å². The Morgan fingerprint density at radius 1 is 1.50 bits per heavy atom. The average Bonchev–Trinajstić information content (AvgIpc) is 2.94. The molecule has 1 aliphatic heterocycles. The second-order valence-electron chi connectivity index (χ2n) is 4.70. The van der Waals surface area contributed by atoms with E-state index in [2.05, 4.69) is 4.98 Å². The maximum absolute atomic E-state index is 12.3. The Bertz CT molecular complexity index is 605. The predicted molar refractivity (Wildman–Crippen MR) is 69.2 cm³/mol. The number of carbonyl (C=O) groups is 1. The van der Waals surface area contributed by atoms with E-state index in [1.54, 1.807) is 23.2 Å².